The third-order valence-electron chi connectivity index (χ3n) is 4.68. The Morgan fingerprint density at radius 3 is 2.93 bits per heavy atom. The van der Waals surface area contributed by atoms with Crippen LogP contribution in [0.4, 0.5) is 13.2 Å². The van der Waals surface area contributed by atoms with Gasteiger partial charge in [-0.2, -0.15) is 13.2 Å². The van der Waals surface area contributed by atoms with Crippen LogP contribution in [0.5, 0.6) is 0 Å². The number of thiazole rings is 1. The predicted octanol–water partition coefficient (Wildman–Crippen LogP) is 4.05. The van der Waals surface area contributed by atoms with Crippen LogP contribution in [-0.2, 0) is 17.3 Å². The van der Waals surface area contributed by atoms with E-state index in [9.17, 15) is 13.2 Å². The van der Waals surface area contributed by atoms with Crippen LogP contribution in [0.25, 0.3) is 0 Å². The van der Waals surface area contributed by atoms with Gasteiger partial charge in [-0.3, -0.25) is 4.99 Å². The van der Waals surface area contributed by atoms with Crippen molar-refractivity contribution >= 4 is 17.3 Å². The third-order valence-corrected chi connectivity index (χ3v) is 5.71. The molecule has 0 amide bonds. The van der Waals surface area contributed by atoms with Crippen molar-refractivity contribution in [1.29, 1.82) is 0 Å². The van der Waals surface area contributed by atoms with Gasteiger partial charge in [0.2, 0.25) is 0 Å². The van der Waals surface area contributed by atoms with Crippen molar-refractivity contribution in [3.8, 4) is 0 Å². The Balaban J connectivity index is 1.56. The number of benzene rings is 1. The normalized spacial score (nSPS) is 18.2. The fraction of sp³-hybridized carbons (Fsp3) is 0.500. The van der Waals surface area contributed by atoms with Gasteiger partial charge in [0.1, 0.15) is 6.10 Å². The zero-order valence-corrected chi connectivity index (χ0v) is 17.3. The third kappa shape index (κ3) is 5.93. The largest absolute Gasteiger partial charge is 0.416 e. The van der Waals surface area contributed by atoms with E-state index in [-0.39, 0.29) is 0 Å². The van der Waals surface area contributed by atoms with Crippen molar-refractivity contribution in [2.75, 3.05) is 33.3 Å². The number of halogens is 3. The molecule has 1 saturated heterocycles. The van der Waals surface area contributed by atoms with Crippen molar-refractivity contribution in [2.24, 2.45) is 4.99 Å². The molecule has 3 rings (SSSR count). The van der Waals surface area contributed by atoms with Crippen molar-refractivity contribution in [3.05, 3.63) is 51.5 Å². The summed E-state index contributed by atoms with van der Waals surface area (Å²) >= 11 is 1.67. The quantitative estimate of drug-likeness (QED) is 0.445. The molecule has 1 N–H and O–H groups in total. The first-order chi connectivity index (χ1) is 13.9. The summed E-state index contributed by atoms with van der Waals surface area (Å²) in [5.74, 6) is 0.737. The number of nitrogens with zero attached hydrogens (tertiary/aromatic N) is 3. The van der Waals surface area contributed by atoms with E-state index < -0.39 is 17.8 Å². The molecule has 0 aliphatic carbocycles. The second-order valence-electron chi connectivity index (χ2n) is 6.89. The maximum atomic E-state index is 13.0. The second-order valence-corrected chi connectivity index (χ2v) is 7.83. The van der Waals surface area contributed by atoms with E-state index in [4.69, 9.17) is 4.74 Å². The molecule has 2 heterocycles. The van der Waals surface area contributed by atoms with Crippen LogP contribution < -0.4 is 5.32 Å². The molecule has 29 heavy (non-hydrogen) atoms. The summed E-state index contributed by atoms with van der Waals surface area (Å²) in [6.07, 6.45) is -2.97. The van der Waals surface area contributed by atoms with Crippen LogP contribution in [-0.4, -0.2) is 49.1 Å². The lowest BCUT2D eigenvalue weighted by atomic mass is 10.0. The molecule has 1 aromatic heterocycles. The minimum Gasteiger partial charge on any atom is -0.370 e. The molecule has 0 spiro atoms. The highest BCUT2D eigenvalue weighted by molar-refractivity contribution is 7.09. The number of hydrogen-bond acceptors (Lipinski definition) is 4. The number of hydrogen-bond donors (Lipinski definition) is 1. The highest BCUT2D eigenvalue weighted by Gasteiger charge is 2.32. The lowest BCUT2D eigenvalue weighted by molar-refractivity contribution is -0.137. The van der Waals surface area contributed by atoms with Gasteiger partial charge >= 0.3 is 6.18 Å². The SMILES string of the molecule is CN=C(NCCCc1nc(C)cs1)N1CCOC(c2cccc(C(F)(F)F)c2)C1. The highest BCUT2D eigenvalue weighted by atomic mass is 32.1. The standard InChI is InChI=1S/C20H25F3N4OS/c1-14-13-29-18(26-14)7-4-8-25-19(24-2)27-9-10-28-17(12-27)15-5-3-6-16(11-15)20(21,22)23/h3,5-6,11,13,17H,4,7-10,12H2,1-2H3,(H,24,25). The molecule has 1 unspecified atom stereocenters. The number of aromatic nitrogens is 1. The Hall–Kier alpha value is -2.13. The average molecular weight is 427 g/mol. The Morgan fingerprint density at radius 2 is 2.24 bits per heavy atom. The Morgan fingerprint density at radius 1 is 1.41 bits per heavy atom. The highest BCUT2D eigenvalue weighted by Crippen LogP contribution is 2.32. The molecule has 9 heteroatoms. The van der Waals surface area contributed by atoms with E-state index in [1.807, 2.05) is 17.2 Å². The molecular weight excluding hydrogens is 401 g/mol. The van der Waals surface area contributed by atoms with Crippen molar-refractivity contribution < 1.29 is 17.9 Å². The molecule has 1 atom stereocenters. The minimum atomic E-state index is -4.36. The van der Waals surface area contributed by atoms with Crippen LogP contribution >= 0.6 is 11.3 Å². The Labute approximate surface area is 172 Å². The second kappa shape index (κ2) is 9.58. The summed E-state index contributed by atoms with van der Waals surface area (Å²) < 4.78 is 44.8. The summed E-state index contributed by atoms with van der Waals surface area (Å²) in [7, 11) is 1.71. The van der Waals surface area contributed by atoms with E-state index in [1.165, 1.54) is 12.1 Å². The topological polar surface area (TPSA) is 49.8 Å². The van der Waals surface area contributed by atoms with Gasteiger partial charge < -0.3 is 15.0 Å². The summed E-state index contributed by atoms with van der Waals surface area (Å²) in [5, 5.41) is 6.51. The maximum Gasteiger partial charge on any atom is 0.416 e. The number of aryl methyl sites for hydroxylation is 2. The summed E-state index contributed by atoms with van der Waals surface area (Å²) in [4.78, 5) is 10.8. The molecule has 1 aliphatic rings. The number of ether oxygens (including phenoxy) is 1. The molecule has 1 fully saturated rings. The average Bonchev–Trinajstić information content (AvgIpc) is 3.13. The number of nitrogens with one attached hydrogen (secondary N) is 1. The lowest BCUT2D eigenvalue weighted by Crippen LogP contribution is -2.48. The van der Waals surface area contributed by atoms with Crippen LogP contribution in [0.15, 0.2) is 34.6 Å². The Kier molecular flexibility index (Phi) is 7.13. The molecule has 0 saturated carbocycles. The van der Waals surface area contributed by atoms with Crippen LogP contribution in [0, 0.1) is 6.92 Å². The fourth-order valence-corrected chi connectivity index (χ4v) is 4.07. The van der Waals surface area contributed by atoms with Crippen molar-refractivity contribution in [3.63, 3.8) is 0 Å². The van der Waals surface area contributed by atoms with Crippen molar-refractivity contribution in [1.82, 2.24) is 15.2 Å². The molecule has 2 aromatic rings. The Bertz CT molecular complexity index is 837. The van der Waals surface area contributed by atoms with Gasteiger partial charge in [0.25, 0.3) is 0 Å². The van der Waals surface area contributed by atoms with Gasteiger partial charge in [-0.15, -0.1) is 11.3 Å². The maximum absolute atomic E-state index is 13.0. The fourth-order valence-electron chi connectivity index (χ4n) is 3.25. The van der Waals surface area contributed by atoms with Gasteiger partial charge in [0.15, 0.2) is 5.96 Å². The van der Waals surface area contributed by atoms with Crippen LogP contribution in [0.2, 0.25) is 0 Å². The summed E-state index contributed by atoms with van der Waals surface area (Å²) in [6, 6.07) is 5.35. The smallest absolute Gasteiger partial charge is 0.370 e. The monoisotopic (exact) mass is 426 g/mol. The molecule has 158 valence electrons. The summed E-state index contributed by atoms with van der Waals surface area (Å²) in [6.45, 7) is 4.25. The summed E-state index contributed by atoms with van der Waals surface area (Å²) in [5.41, 5.74) is 0.914. The molecular formula is C20H25F3N4OS. The van der Waals surface area contributed by atoms with E-state index in [1.54, 1.807) is 24.5 Å². The number of rotatable bonds is 5. The van der Waals surface area contributed by atoms with Gasteiger partial charge in [0.05, 0.1) is 23.7 Å². The predicted molar refractivity (Wildman–Crippen MR) is 108 cm³/mol. The minimum absolute atomic E-state index is 0.428. The molecule has 1 aliphatic heterocycles. The lowest BCUT2D eigenvalue weighted by Gasteiger charge is -2.35. The van der Waals surface area contributed by atoms with Gasteiger partial charge in [-0.05, 0) is 31.0 Å². The number of guanidine groups is 1. The van der Waals surface area contributed by atoms with E-state index in [0.29, 0.717) is 25.3 Å². The van der Waals surface area contributed by atoms with Gasteiger partial charge in [-0.1, -0.05) is 12.1 Å². The van der Waals surface area contributed by atoms with E-state index in [0.717, 1.165) is 42.1 Å². The van der Waals surface area contributed by atoms with Crippen LogP contribution in [0.1, 0.15) is 34.4 Å². The molecule has 1 aromatic carbocycles. The van der Waals surface area contributed by atoms with E-state index in [2.05, 4.69) is 15.3 Å². The zero-order valence-electron chi connectivity index (χ0n) is 16.5. The van der Waals surface area contributed by atoms with Crippen molar-refractivity contribution in [2.45, 2.75) is 32.0 Å². The molecule has 0 bridgehead atoms. The van der Waals surface area contributed by atoms with Gasteiger partial charge in [-0.25, -0.2) is 4.98 Å². The molecule has 0 radical (unpaired) electrons. The van der Waals surface area contributed by atoms with Gasteiger partial charge in [0, 0.05) is 37.6 Å². The first-order valence-electron chi connectivity index (χ1n) is 9.52. The van der Waals surface area contributed by atoms with E-state index >= 15 is 0 Å². The number of aliphatic imine (C=N–C) groups is 1. The first kappa shape index (κ1) is 21.6. The number of morpholine rings is 1. The zero-order chi connectivity index (χ0) is 20.9. The van der Waals surface area contributed by atoms with Crippen LogP contribution in [0.3, 0.4) is 0 Å². The molecule has 5 nitrogen and oxygen atoms in total. The number of alkyl halides is 3. The first-order valence-corrected chi connectivity index (χ1v) is 10.4.